The zero-order valence-corrected chi connectivity index (χ0v) is 32.9. The molecule has 0 aromatic rings. The summed E-state index contributed by atoms with van der Waals surface area (Å²) in [5.41, 5.74) is 0. The first-order valence-electron chi connectivity index (χ1n) is 21.4. The predicted octanol–water partition coefficient (Wildman–Crippen LogP) is 8.17. The number of ether oxygens (including phenoxy) is 2. The van der Waals surface area contributed by atoms with Crippen molar-refractivity contribution in [1.82, 2.24) is 5.32 Å². The van der Waals surface area contributed by atoms with Crippen LogP contribution in [-0.4, -0.2) is 87.5 Å². The highest BCUT2D eigenvalue weighted by atomic mass is 16.7. The summed E-state index contributed by atoms with van der Waals surface area (Å²) in [7, 11) is 0. The summed E-state index contributed by atoms with van der Waals surface area (Å²) in [6.07, 6.45) is 30.1. The maximum Gasteiger partial charge on any atom is 0.220 e. The van der Waals surface area contributed by atoms with Crippen LogP contribution in [-0.2, 0) is 14.3 Å². The maximum atomic E-state index is 12.7. The van der Waals surface area contributed by atoms with Crippen molar-refractivity contribution in [3.8, 4) is 0 Å². The minimum absolute atomic E-state index is 0.185. The van der Waals surface area contributed by atoms with Gasteiger partial charge in [0, 0.05) is 6.42 Å². The van der Waals surface area contributed by atoms with Crippen molar-refractivity contribution >= 4 is 5.91 Å². The number of allylic oxidation sites excluding steroid dienone is 1. The highest BCUT2D eigenvalue weighted by molar-refractivity contribution is 5.76. The number of hydrogen-bond acceptors (Lipinski definition) is 8. The van der Waals surface area contributed by atoms with Crippen LogP contribution in [0.5, 0.6) is 0 Å². The normalized spacial score (nSPS) is 22.1. The van der Waals surface area contributed by atoms with E-state index < -0.39 is 49.5 Å². The fraction of sp³-hybridized carbons (Fsp3) is 0.929. The average Bonchev–Trinajstić information content (AvgIpc) is 3.13. The van der Waals surface area contributed by atoms with E-state index in [-0.39, 0.29) is 12.5 Å². The van der Waals surface area contributed by atoms with Crippen LogP contribution < -0.4 is 5.32 Å². The molecule has 9 heteroatoms. The topological polar surface area (TPSA) is 149 Å². The summed E-state index contributed by atoms with van der Waals surface area (Å²) in [6.45, 7) is 3.70. The maximum absolute atomic E-state index is 12.7. The monoisotopic (exact) mass is 728 g/mol. The first-order valence-corrected chi connectivity index (χ1v) is 21.4. The highest BCUT2D eigenvalue weighted by Crippen LogP contribution is 2.22. The van der Waals surface area contributed by atoms with Gasteiger partial charge in [-0.1, -0.05) is 180 Å². The second-order valence-corrected chi connectivity index (χ2v) is 15.1. The highest BCUT2D eigenvalue weighted by Gasteiger charge is 2.44. The van der Waals surface area contributed by atoms with E-state index in [9.17, 15) is 30.3 Å². The Morgan fingerprint density at radius 1 is 0.647 bits per heavy atom. The quantitative estimate of drug-likeness (QED) is 0.0283. The average molecular weight is 728 g/mol. The van der Waals surface area contributed by atoms with Crippen molar-refractivity contribution in [1.29, 1.82) is 0 Å². The van der Waals surface area contributed by atoms with Gasteiger partial charge in [0.1, 0.15) is 24.4 Å². The lowest BCUT2D eigenvalue weighted by atomic mass is 9.99. The van der Waals surface area contributed by atoms with Gasteiger partial charge in [0.2, 0.25) is 5.91 Å². The zero-order valence-electron chi connectivity index (χ0n) is 32.9. The molecule has 1 saturated heterocycles. The van der Waals surface area contributed by atoms with E-state index in [0.29, 0.717) is 6.42 Å². The summed E-state index contributed by atoms with van der Waals surface area (Å²) in [6, 6.07) is -0.795. The van der Waals surface area contributed by atoms with E-state index in [1.54, 1.807) is 6.08 Å². The minimum atomic E-state index is -1.56. The first-order chi connectivity index (χ1) is 24.8. The van der Waals surface area contributed by atoms with Crippen LogP contribution in [0.1, 0.15) is 194 Å². The van der Waals surface area contributed by atoms with Gasteiger partial charge < -0.3 is 40.3 Å². The lowest BCUT2D eigenvalue weighted by Crippen LogP contribution is -2.60. The van der Waals surface area contributed by atoms with Gasteiger partial charge in [0.15, 0.2) is 6.29 Å². The van der Waals surface area contributed by atoms with Crippen LogP contribution in [0.3, 0.4) is 0 Å². The van der Waals surface area contributed by atoms with Crippen molar-refractivity contribution < 1.29 is 39.8 Å². The smallest absolute Gasteiger partial charge is 0.220 e. The molecule has 0 aliphatic carbocycles. The number of hydrogen-bond donors (Lipinski definition) is 6. The van der Waals surface area contributed by atoms with Gasteiger partial charge in [0.25, 0.3) is 0 Å². The number of aliphatic hydroxyl groups excluding tert-OH is 5. The number of rotatable bonds is 35. The lowest BCUT2D eigenvalue weighted by molar-refractivity contribution is -0.302. The molecule has 0 spiro atoms. The van der Waals surface area contributed by atoms with Crippen molar-refractivity contribution in [2.24, 2.45) is 0 Å². The molecule has 0 aromatic heterocycles. The molecular weight excluding hydrogens is 646 g/mol. The minimum Gasteiger partial charge on any atom is -0.394 e. The molecule has 9 nitrogen and oxygen atoms in total. The molecule has 0 radical (unpaired) electrons. The van der Waals surface area contributed by atoms with Gasteiger partial charge in [-0.3, -0.25) is 4.79 Å². The largest absolute Gasteiger partial charge is 0.394 e. The van der Waals surface area contributed by atoms with Crippen molar-refractivity contribution in [2.75, 3.05) is 13.2 Å². The Hall–Kier alpha value is -1.07. The van der Waals surface area contributed by atoms with E-state index >= 15 is 0 Å². The van der Waals surface area contributed by atoms with Crippen LogP contribution >= 0.6 is 0 Å². The Bertz CT molecular complexity index is 812. The third kappa shape index (κ3) is 24.8. The van der Waals surface area contributed by atoms with E-state index in [4.69, 9.17) is 9.47 Å². The molecule has 1 heterocycles. The summed E-state index contributed by atoms with van der Waals surface area (Å²) in [4.78, 5) is 12.7. The molecule has 1 aliphatic heterocycles. The standard InChI is InChI=1S/C42H81NO8/c1-3-5-7-9-11-12-13-14-15-16-17-18-19-20-21-22-23-24-25-26-27-29-31-36(45)35(43-38(46)32-30-28-10-8-6-4-2)34-50-42-41(49)40(48)39(47)37(33-44)51-42/h29,31,35-37,39-42,44-45,47-49H,3-28,30,32-34H2,1-2H3,(H,43,46)/b31-29+. The molecule has 0 aromatic carbocycles. The number of amides is 1. The molecule has 6 N–H and O–H groups in total. The van der Waals surface area contributed by atoms with Gasteiger partial charge in [-0.2, -0.15) is 0 Å². The molecule has 1 aliphatic rings. The van der Waals surface area contributed by atoms with Crippen molar-refractivity contribution in [3.63, 3.8) is 0 Å². The molecule has 1 amide bonds. The molecule has 1 fully saturated rings. The fourth-order valence-corrected chi connectivity index (χ4v) is 6.86. The molecule has 51 heavy (non-hydrogen) atoms. The fourth-order valence-electron chi connectivity index (χ4n) is 6.86. The Labute approximate surface area is 312 Å². The Kier molecular flexibility index (Phi) is 31.5. The Morgan fingerprint density at radius 3 is 1.53 bits per heavy atom. The Balaban J connectivity index is 2.25. The van der Waals surface area contributed by atoms with Gasteiger partial charge >= 0.3 is 0 Å². The Morgan fingerprint density at radius 2 is 1.08 bits per heavy atom. The van der Waals surface area contributed by atoms with Crippen LogP contribution in [0.25, 0.3) is 0 Å². The van der Waals surface area contributed by atoms with Gasteiger partial charge in [-0.05, 0) is 19.3 Å². The molecule has 7 unspecified atom stereocenters. The zero-order chi connectivity index (χ0) is 37.4. The molecule has 302 valence electrons. The van der Waals surface area contributed by atoms with Crippen LogP contribution in [0.2, 0.25) is 0 Å². The van der Waals surface area contributed by atoms with Gasteiger partial charge in [0.05, 0.1) is 25.4 Å². The first kappa shape index (κ1) is 48.0. The lowest BCUT2D eigenvalue weighted by Gasteiger charge is -2.40. The number of aliphatic hydroxyl groups is 5. The summed E-state index contributed by atoms with van der Waals surface area (Å²) in [5, 5.41) is 53.8. The summed E-state index contributed by atoms with van der Waals surface area (Å²) >= 11 is 0. The molecule has 1 rings (SSSR count). The van der Waals surface area contributed by atoms with Gasteiger partial charge in [-0.25, -0.2) is 0 Å². The molecule has 7 atom stereocenters. The van der Waals surface area contributed by atoms with Crippen molar-refractivity contribution in [2.45, 2.75) is 236 Å². The molecular formula is C42H81NO8. The summed E-state index contributed by atoms with van der Waals surface area (Å²) in [5.74, 6) is -0.186. The van der Waals surface area contributed by atoms with Crippen LogP contribution in [0, 0.1) is 0 Å². The second-order valence-electron chi connectivity index (χ2n) is 15.1. The molecule has 0 saturated carbocycles. The third-order valence-electron chi connectivity index (χ3n) is 10.4. The van der Waals surface area contributed by atoms with E-state index in [1.807, 2.05) is 6.08 Å². The van der Waals surface area contributed by atoms with E-state index in [0.717, 1.165) is 44.9 Å². The second kappa shape index (κ2) is 33.5. The van der Waals surface area contributed by atoms with E-state index in [2.05, 4.69) is 19.2 Å². The van der Waals surface area contributed by atoms with Crippen LogP contribution in [0.4, 0.5) is 0 Å². The third-order valence-corrected chi connectivity index (χ3v) is 10.4. The van der Waals surface area contributed by atoms with Gasteiger partial charge in [-0.15, -0.1) is 0 Å². The van der Waals surface area contributed by atoms with Crippen molar-refractivity contribution in [3.05, 3.63) is 12.2 Å². The molecule has 0 bridgehead atoms. The number of unbranched alkanes of at least 4 members (excludes halogenated alkanes) is 25. The number of carbonyl (C=O) groups excluding carboxylic acids is 1. The SMILES string of the molecule is CCCCCCCCCCCCCCCCCCCCCC/C=C/C(O)C(COC1OC(CO)C(O)C(O)C1O)NC(=O)CCCCCCCC. The number of carbonyl (C=O) groups is 1. The summed E-state index contributed by atoms with van der Waals surface area (Å²) < 4.78 is 11.1. The van der Waals surface area contributed by atoms with E-state index in [1.165, 1.54) is 128 Å². The van der Waals surface area contributed by atoms with Crippen LogP contribution in [0.15, 0.2) is 12.2 Å². The predicted molar refractivity (Wildman–Crippen MR) is 207 cm³/mol. The number of nitrogens with one attached hydrogen (secondary N) is 1.